The Morgan fingerprint density at radius 1 is 1.24 bits per heavy atom. The number of aryl methyl sites for hydroxylation is 1. The van der Waals surface area contributed by atoms with Crippen LogP contribution in [0.25, 0.3) is 5.65 Å². The van der Waals surface area contributed by atoms with Crippen molar-refractivity contribution in [1.82, 2.24) is 19.5 Å². The Morgan fingerprint density at radius 2 is 2.03 bits per heavy atom. The second-order valence-electron chi connectivity index (χ2n) is 7.25. The molecule has 0 aliphatic carbocycles. The topological polar surface area (TPSA) is 50.5 Å². The Labute approximate surface area is 164 Å². The van der Waals surface area contributed by atoms with E-state index in [1.807, 2.05) is 0 Å². The number of hydrogen-bond acceptors (Lipinski definition) is 3. The molecule has 0 N–H and O–H groups in total. The van der Waals surface area contributed by atoms with Crippen LogP contribution >= 0.6 is 0 Å². The molecule has 1 aliphatic rings. The minimum atomic E-state index is -4.54. The number of benzene rings is 1. The molecule has 1 aliphatic heterocycles. The second kappa shape index (κ2) is 7.13. The van der Waals surface area contributed by atoms with Gasteiger partial charge in [0.25, 0.3) is 0 Å². The first kappa shape index (κ1) is 19.4. The number of amides is 1. The van der Waals surface area contributed by atoms with Gasteiger partial charge in [0.2, 0.25) is 5.91 Å². The molecule has 0 radical (unpaired) electrons. The average Bonchev–Trinajstić information content (AvgIpc) is 3.27. The third-order valence-corrected chi connectivity index (χ3v) is 5.07. The van der Waals surface area contributed by atoms with Crippen molar-refractivity contribution >= 4 is 11.6 Å². The van der Waals surface area contributed by atoms with Gasteiger partial charge in [0.1, 0.15) is 11.5 Å². The SMILES string of the molecule is Cc1cc(C(F)(F)F)n2nc([C@H]3CCN(C(=O)Cc4cccc(F)c4)C3)cc2n1. The van der Waals surface area contributed by atoms with Gasteiger partial charge in [-0.05, 0) is 37.1 Å². The van der Waals surface area contributed by atoms with E-state index < -0.39 is 17.7 Å². The molecule has 29 heavy (non-hydrogen) atoms. The van der Waals surface area contributed by atoms with Gasteiger partial charge in [0.05, 0.1) is 12.1 Å². The first-order chi connectivity index (χ1) is 13.7. The first-order valence-electron chi connectivity index (χ1n) is 9.17. The quantitative estimate of drug-likeness (QED) is 0.623. The van der Waals surface area contributed by atoms with Crippen molar-refractivity contribution in [2.24, 2.45) is 0 Å². The van der Waals surface area contributed by atoms with E-state index in [-0.39, 0.29) is 29.6 Å². The molecule has 0 unspecified atom stereocenters. The number of carbonyl (C=O) groups is 1. The Balaban J connectivity index is 1.53. The van der Waals surface area contributed by atoms with Gasteiger partial charge in [-0.25, -0.2) is 13.9 Å². The molecular weight excluding hydrogens is 388 g/mol. The van der Waals surface area contributed by atoms with Gasteiger partial charge >= 0.3 is 6.18 Å². The van der Waals surface area contributed by atoms with Gasteiger partial charge in [-0.15, -0.1) is 0 Å². The molecule has 0 spiro atoms. The minimum Gasteiger partial charge on any atom is -0.342 e. The largest absolute Gasteiger partial charge is 0.433 e. The van der Waals surface area contributed by atoms with Gasteiger partial charge in [-0.2, -0.15) is 18.3 Å². The third-order valence-electron chi connectivity index (χ3n) is 5.07. The van der Waals surface area contributed by atoms with E-state index >= 15 is 0 Å². The second-order valence-corrected chi connectivity index (χ2v) is 7.25. The normalized spacial score (nSPS) is 17.3. The van der Waals surface area contributed by atoms with E-state index in [0.717, 1.165) is 10.6 Å². The fourth-order valence-electron chi connectivity index (χ4n) is 3.68. The standard InChI is InChI=1S/C20H18F4N4O/c1-12-7-17(20(22,23)24)28-18(25-12)10-16(26-28)14-5-6-27(11-14)19(29)9-13-3-2-4-15(21)8-13/h2-4,7-8,10,14H,5-6,9,11H2,1H3/t14-/m0/s1. The molecule has 3 heterocycles. The number of hydrogen-bond donors (Lipinski definition) is 0. The fourth-order valence-corrected chi connectivity index (χ4v) is 3.68. The molecule has 1 saturated heterocycles. The van der Waals surface area contributed by atoms with Gasteiger partial charge in [-0.3, -0.25) is 4.79 Å². The summed E-state index contributed by atoms with van der Waals surface area (Å²) >= 11 is 0. The van der Waals surface area contributed by atoms with Crippen LogP contribution in [-0.4, -0.2) is 38.5 Å². The molecule has 5 nitrogen and oxygen atoms in total. The van der Waals surface area contributed by atoms with Crippen molar-refractivity contribution in [2.75, 3.05) is 13.1 Å². The van der Waals surface area contributed by atoms with Crippen LogP contribution in [0.5, 0.6) is 0 Å². The van der Waals surface area contributed by atoms with E-state index in [2.05, 4.69) is 10.1 Å². The highest BCUT2D eigenvalue weighted by Crippen LogP contribution is 2.32. The van der Waals surface area contributed by atoms with Gasteiger partial charge in [-0.1, -0.05) is 12.1 Å². The lowest BCUT2D eigenvalue weighted by atomic mass is 10.1. The minimum absolute atomic E-state index is 0.0780. The molecule has 2 aromatic heterocycles. The molecule has 9 heteroatoms. The monoisotopic (exact) mass is 406 g/mol. The maximum atomic E-state index is 13.3. The number of nitrogens with zero attached hydrogens (tertiary/aromatic N) is 4. The summed E-state index contributed by atoms with van der Waals surface area (Å²) in [7, 11) is 0. The van der Waals surface area contributed by atoms with E-state index in [0.29, 0.717) is 30.8 Å². The van der Waals surface area contributed by atoms with Crippen molar-refractivity contribution < 1.29 is 22.4 Å². The molecule has 1 amide bonds. The third kappa shape index (κ3) is 3.94. The van der Waals surface area contributed by atoms with Crippen LogP contribution in [0.4, 0.5) is 17.6 Å². The zero-order valence-corrected chi connectivity index (χ0v) is 15.6. The summed E-state index contributed by atoms with van der Waals surface area (Å²) in [6, 6.07) is 8.38. The Bertz CT molecular complexity index is 1080. The highest BCUT2D eigenvalue weighted by Gasteiger charge is 2.36. The molecule has 0 bridgehead atoms. The molecule has 1 aromatic carbocycles. The zero-order chi connectivity index (χ0) is 20.8. The Morgan fingerprint density at radius 3 is 2.76 bits per heavy atom. The number of carbonyl (C=O) groups excluding carboxylic acids is 1. The van der Waals surface area contributed by atoms with Crippen LogP contribution in [0.3, 0.4) is 0 Å². The summed E-state index contributed by atoms with van der Waals surface area (Å²) in [5.41, 5.74) is 0.588. The van der Waals surface area contributed by atoms with E-state index in [1.165, 1.54) is 19.1 Å². The van der Waals surface area contributed by atoms with Crippen molar-refractivity contribution in [2.45, 2.75) is 31.9 Å². The zero-order valence-electron chi connectivity index (χ0n) is 15.6. The van der Waals surface area contributed by atoms with Gasteiger partial charge < -0.3 is 4.90 Å². The van der Waals surface area contributed by atoms with Crippen LogP contribution in [-0.2, 0) is 17.4 Å². The maximum Gasteiger partial charge on any atom is 0.433 e. The summed E-state index contributed by atoms with van der Waals surface area (Å²) in [5, 5.41) is 4.14. The van der Waals surface area contributed by atoms with E-state index in [9.17, 15) is 22.4 Å². The van der Waals surface area contributed by atoms with Gasteiger partial charge in [0.15, 0.2) is 5.65 Å². The predicted molar refractivity (Wildman–Crippen MR) is 96.8 cm³/mol. The van der Waals surface area contributed by atoms with Crippen LogP contribution in [0.1, 0.15) is 35.0 Å². The fraction of sp³-hybridized carbons (Fsp3) is 0.350. The summed E-state index contributed by atoms with van der Waals surface area (Å²) in [6.07, 6.45) is -3.87. The summed E-state index contributed by atoms with van der Waals surface area (Å²) < 4.78 is 54.1. The predicted octanol–water partition coefficient (Wildman–Crippen LogP) is 3.75. The maximum absolute atomic E-state index is 13.3. The Hall–Kier alpha value is -2.97. The van der Waals surface area contributed by atoms with Crippen molar-refractivity contribution in [3.8, 4) is 0 Å². The molecule has 1 fully saturated rings. The number of alkyl halides is 3. The Kier molecular flexibility index (Phi) is 4.76. The number of aromatic nitrogens is 3. The number of likely N-dealkylation sites (tertiary alicyclic amines) is 1. The molecule has 0 saturated carbocycles. The molecule has 4 rings (SSSR count). The van der Waals surface area contributed by atoms with Crippen LogP contribution in [0.15, 0.2) is 36.4 Å². The van der Waals surface area contributed by atoms with Crippen LogP contribution < -0.4 is 0 Å². The number of rotatable bonds is 3. The summed E-state index contributed by atoms with van der Waals surface area (Å²) in [5.74, 6) is -0.719. The van der Waals surface area contributed by atoms with Crippen LogP contribution in [0.2, 0.25) is 0 Å². The molecule has 1 atom stereocenters. The van der Waals surface area contributed by atoms with E-state index in [4.69, 9.17) is 0 Å². The van der Waals surface area contributed by atoms with E-state index in [1.54, 1.807) is 23.1 Å². The lowest BCUT2D eigenvalue weighted by Crippen LogP contribution is -2.29. The smallest absolute Gasteiger partial charge is 0.342 e. The molecular formula is C20H18F4N4O. The van der Waals surface area contributed by atoms with Crippen molar-refractivity contribution in [1.29, 1.82) is 0 Å². The number of fused-ring (bicyclic) bond motifs is 1. The van der Waals surface area contributed by atoms with Crippen molar-refractivity contribution in [3.05, 3.63) is 64.9 Å². The molecule has 3 aromatic rings. The first-order valence-corrected chi connectivity index (χ1v) is 9.17. The summed E-state index contributed by atoms with van der Waals surface area (Å²) in [4.78, 5) is 18.3. The van der Waals surface area contributed by atoms with Gasteiger partial charge in [0, 0.05) is 30.8 Å². The molecule has 152 valence electrons. The average molecular weight is 406 g/mol. The highest BCUT2D eigenvalue weighted by atomic mass is 19.4. The summed E-state index contributed by atoms with van der Waals surface area (Å²) in [6.45, 7) is 2.34. The number of halogens is 4. The van der Waals surface area contributed by atoms with Crippen molar-refractivity contribution in [3.63, 3.8) is 0 Å². The van der Waals surface area contributed by atoms with Crippen LogP contribution in [0, 0.1) is 12.7 Å². The lowest BCUT2D eigenvalue weighted by Gasteiger charge is -2.16. The lowest BCUT2D eigenvalue weighted by molar-refractivity contribution is -0.142. The highest BCUT2D eigenvalue weighted by molar-refractivity contribution is 5.79.